The van der Waals surface area contributed by atoms with Crippen molar-refractivity contribution in [1.29, 1.82) is 0 Å². The predicted octanol–water partition coefficient (Wildman–Crippen LogP) is 3.08. The minimum atomic E-state index is -4.68. The number of aromatic nitrogens is 2. The first-order chi connectivity index (χ1) is 13.3. The summed E-state index contributed by atoms with van der Waals surface area (Å²) >= 11 is 0. The lowest BCUT2D eigenvalue weighted by Gasteiger charge is -2.18. The van der Waals surface area contributed by atoms with Gasteiger partial charge in [0, 0.05) is 19.0 Å². The maximum absolute atomic E-state index is 13.3. The Kier molecular flexibility index (Phi) is 4.40. The summed E-state index contributed by atoms with van der Waals surface area (Å²) in [5.74, 6) is -5.68. The van der Waals surface area contributed by atoms with Gasteiger partial charge in [-0.2, -0.15) is 18.3 Å². The van der Waals surface area contributed by atoms with Gasteiger partial charge in [0.25, 0.3) is 5.91 Å². The molecule has 148 valence electrons. The van der Waals surface area contributed by atoms with Crippen LogP contribution in [-0.2, 0) is 4.79 Å². The van der Waals surface area contributed by atoms with E-state index in [1.165, 1.54) is 4.68 Å². The van der Waals surface area contributed by atoms with Crippen molar-refractivity contribution < 1.29 is 27.9 Å². The summed E-state index contributed by atoms with van der Waals surface area (Å²) in [6.07, 6.45) is -2.77. The van der Waals surface area contributed by atoms with E-state index in [1.54, 1.807) is 30.3 Å². The molecule has 1 saturated carbocycles. The Bertz CT molecular complexity index is 906. The molecule has 2 aromatic rings. The molecule has 0 spiro atoms. The van der Waals surface area contributed by atoms with Crippen LogP contribution < -0.4 is 0 Å². The highest BCUT2D eigenvalue weighted by Gasteiger charge is 2.53. The first-order valence-corrected chi connectivity index (χ1v) is 9.00. The second-order valence-corrected chi connectivity index (χ2v) is 7.28. The Morgan fingerprint density at radius 2 is 1.79 bits per heavy atom. The number of carbonyl (C=O) groups excluding carboxylic acids is 1. The van der Waals surface area contributed by atoms with Crippen LogP contribution >= 0.6 is 0 Å². The van der Waals surface area contributed by atoms with Gasteiger partial charge in [-0.3, -0.25) is 9.59 Å². The van der Waals surface area contributed by atoms with E-state index >= 15 is 0 Å². The third-order valence-corrected chi connectivity index (χ3v) is 5.29. The quantitative estimate of drug-likeness (QED) is 0.866. The largest absolute Gasteiger partial charge is 0.481 e. The molecule has 6 nitrogen and oxygen atoms in total. The van der Waals surface area contributed by atoms with Crippen molar-refractivity contribution in [3.8, 4) is 5.69 Å². The molecule has 2 fully saturated rings. The highest BCUT2D eigenvalue weighted by Crippen LogP contribution is 2.41. The summed E-state index contributed by atoms with van der Waals surface area (Å²) in [5, 5.41) is 13.7. The molecule has 0 unspecified atom stereocenters. The summed E-state index contributed by atoms with van der Waals surface area (Å²) in [6, 6.07) is 10.5. The Hall–Kier alpha value is -2.84. The van der Waals surface area contributed by atoms with Crippen molar-refractivity contribution in [2.45, 2.75) is 24.9 Å². The van der Waals surface area contributed by atoms with Gasteiger partial charge in [0.05, 0.1) is 23.2 Å². The van der Waals surface area contributed by atoms with Crippen molar-refractivity contribution in [3.63, 3.8) is 0 Å². The van der Waals surface area contributed by atoms with Crippen LogP contribution in [0.5, 0.6) is 0 Å². The monoisotopic (exact) mass is 393 g/mol. The lowest BCUT2D eigenvalue weighted by atomic mass is 9.96. The number of carboxylic acid groups (broad SMARTS) is 1. The molecule has 2 atom stereocenters. The Labute approximate surface area is 158 Å². The van der Waals surface area contributed by atoms with Crippen LogP contribution in [-0.4, -0.2) is 50.9 Å². The van der Waals surface area contributed by atoms with E-state index in [-0.39, 0.29) is 11.6 Å². The van der Waals surface area contributed by atoms with Gasteiger partial charge >= 0.3 is 12.1 Å². The number of carboxylic acids is 1. The van der Waals surface area contributed by atoms with Crippen LogP contribution in [0.25, 0.3) is 5.69 Å². The number of halogens is 3. The molecule has 9 heteroatoms. The van der Waals surface area contributed by atoms with Crippen LogP contribution in [0.3, 0.4) is 0 Å². The van der Waals surface area contributed by atoms with E-state index in [0.29, 0.717) is 5.69 Å². The molecule has 4 rings (SSSR count). The predicted molar refractivity (Wildman–Crippen MR) is 92.1 cm³/mol. The molecule has 1 saturated heterocycles. The highest BCUT2D eigenvalue weighted by molar-refractivity contribution is 5.94. The van der Waals surface area contributed by atoms with Gasteiger partial charge in [-0.15, -0.1) is 0 Å². The second-order valence-electron chi connectivity index (χ2n) is 7.28. The number of hydrogen-bond donors (Lipinski definition) is 1. The molecule has 1 amide bonds. The van der Waals surface area contributed by atoms with E-state index in [4.69, 9.17) is 0 Å². The first kappa shape index (κ1) is 18.5. The third-order valence-electron chi connectivity index (χ3n) is 5.29. The maximum atomic E-state index is 13.3. The number of hydrogen-bond acceptors (Lipinski definition) is 3. The molecule has 1 aliphatic heterocycles. The van der Waals surface area contributed by atoms with Gasteiger partial charge in [0.15, 0.2) is 0 Å². The lowest BCUT2D eigenvalue weighted by molar-refractivity contribution is -0.187. The molecule has 1 N–H and O–H groups in total. The van der Waals surface area contributed by atoms with Gasteiger partial charge in [0.1, 0.15) is 5.69 Å². The minimum absolute atomic E-state index is 0.153. The van der Waals surface area contributed by atoms with Crippen molar-refractivity contribution >= 4 is 11.9 Å². The Morgan fingerprint density at radius 3 is 2.32 bits per heavy atom. The van der Waals surface area contributed by atoms with Crippen molar-refractivity contribution in [3.05, 3.63) is 47.8 Å². The fraction of sp³-hybridized carbons (Fsp3) is 0.421. The number of carbonyl (C=O) groups is 2. The molecule has 1 aromatic heterocycles. The third kappa shape index (κ3) is 3.36. The van der Waals surface area contributed by atoms with Crippen LogP contribution in [0.1, 0.15) is 34.9 Å². The number of para-hydroxylation sites is 1. The number of aliphatic carboxylic acids is 1. The summed E-state index contributed by atoms with van der Waals surface area (Å²) in [5.41, 5.74) is 1.51. The number of nitrogens with zero attached hydrogens (tertiary/aromatic N) is 3. The van der Waals surface area contributed by atoms with E-state index in [1.807, 2.05) is 6.07 Å². The zero-order valence-corrected chi connectivity index (χ0v) is 14.8. The second kappa shape index (κ2) is 6.65. The van der Waals surface area contributed by atoms with Crippen LogP contribution in [0, 0.1) is 11.8 Å². The van der Waals surface area contributed by atoms with Gasteiger partial charge in [-0.05, 0) is 31.0 Å². The molecule has 28 heavy (non-hydrogen) atoms. The van der Waals surface area contributed by atoms with E-state index in [9.17, 15) is 27.9 Å². The SMILES string of the molecule is O=C(O)[C@@H]1CN(C(=O)c2cc(C3CC3)nn2-c2ccccc2)C[C@H]1C(F)(F)F. The molecule has 2 heterocycles. The normalized spacial score (nSPS) is 22.5. The zero-order valence-electron chi connectivity index (χ0n) is 14.8. The number of rotatable bonds is 4. The molecule has 1 aromatic carbocycles. The molecule has 2 aliphatic rings. The van der Waals surface area contributed by atoms with Crippen molar-refractivity contribution in [2.75, 3.05) is 13.1 Å². The van der Waals surface area contributed by atoms with Crippen molar-refractivity contribution in [2.24, 2.45) is 11.8 Å². The van der Waals surface area contributed by atoms with Crippen LogP contribution in [0.4, 0.5) is 13.2 Å². The average molecular weight is 393 g/mol. The standard InChI is InChI=1S/C19H18F3N3O3/c20-19(21,22)14-10-24(9-13(14)18(27)28)17(26)16-8-15(11-6-7-11)23-25(16)12-4-2-1-3-5-12/h1-5,8,11,13-14H,6-7,9-10H2,(H,27,28)/t13-,14-/m1/s1. The molecule has 1 aliphatic carbocycles. The number of benzene rings is 1. The number of amides is 1. The minimum Gasteiger partial charge on any atom is -0.481 e. The Balaban J connectivity index is 1.67. The molecular formula is C19H18F3N3O3. The summed E-state index contributed by atoms with van der Waals surface area (Å²) in [7, 11) is 0. The van der Waals surface area contributed by atoms with E-state index in [2.05, 4.69) is 5.10 Å². The summed E-state index contributed by atoms with van der Waals surface area (Å²) in [6.45, 7) is -1.14. The summed E-state index contributed by atoms with van der Waals surface area (Å²) < 4.78 is 41.2. The van der Waals surface area contributed by atoms with Gasteiger partial charge in [0.2, 0.25) is 0 Å². The summed E-state index contributed by atoms with van der Waals surface area (Å²) in [4.78, 5) is 25.3. The smallest absolute Gasteiger partial charge is 0.394 e. The average Bonchev–Trinajstić information content (AvgIpc) is 3.23. The van der Waals surface area contributed by atoms with E-state index in [0.717, 1.165) is 23.4 Å². The topological polar surface area (TPSA) is 75.4 Å². The van der Waals surface area contributed by atoms with Gasteiger partial charge in [-0.25, -0.2) is 4.68 Å². The molecule has 0 bridgehead atoms. The van der Waals surface area contributed by atoms with Gasteiger partial charge < -0.3 is 10.0 Å². The number of likely N-dealkylation sites (tertiary alicyclic amines) is 1. The molecular weight excluding hydrogens is 375 g/mol. The van der Waals surface area contributed by atoms with Crippen molar-refractivity contribution in [1.82, 2.24) is 14.7 Å². The zero-order chi connectivity index (χ0) is 20.1. The maximum Gasteiger partial charge on any atom is 0.394 e. The Morgan fingerprint density at radius 1 is 1.11 bits per heavy atom. The van der Waals surface area contributed by atoms with Crippen LogP contribution in [0.2, 0.25) is 0 Å². The van der Waals surface area contributed by atoms with E-state index < -0.39 is 43.0 Å². The fourth-order valence-electron chi connectivity index (χ4n) is 3.61. The number of alkyl halides is 3. The van der Waals surface area contributed by atoms with Crippen LogP contribution in [0.15, 0.2) is 36.4 Å². The molecule has 0 radical (unpaired) electrons. The first-order valence-electron chi connectivity index (χ1n) is 9.00. The fourth-order valence-corrected chi connectivity index (χ4v) is 3.61. The lowest BCUT2D eigenvalue weighted by Crippen LogP contribution is -2.34. The van der Waals surface area contributed by atoms with Gasteiger partial charge in [-0.1, -0.05) is 18.2 Å². The highest BCUT2D eigenvalue weighted by atomic mass is 19.4.